The Kier molecular flexibility index (Phi) is 5.38. The highest BCUT2D eigenvalue weighted by molar-refractivity contribution is 5.66. The number of carbonyl (C=O) groups is 1. The second kappa shape index (κ2) is 6.57. The summed E-state index contributed by atoms with van der Waals surface area (Å²) in [6.45, 7) is 3.23. The van der Waals surface area contributed by atoms with Gasteiger partial charge in [-0.2, -0.15) is 0 Å². The number of aliphatic hydroxyl groups is 2. The van der Waals surface area contributed by atoms with Gasteiger partial charge in [0, 0.05) is 12.8 Å². The molecular weight excluding hydrogens is 220 g/mol. The van der Waals surface area contributed by atoms with E-state index in [4.69, 9.17) is 4.74 Å². The van der Waals surface area contributed by atoms with Gasteiger partial charge in [-0.3, -0.25) is 4.79 Å². The molecule has 0 aliphatic heterocycles. The van der Waals surface area contributed by atoms with Gasteiger partial charge in [0.1, 0.15) is 0 Å². The molecule has 0 fully saturated rings. The van der Waals surface area contributed by atoms with Crippen LogP contribution in [0.2, 0.25) is 0 Å². The molecule has 4 atom stereocenters. The molecule has 17 heavy (non-hydrogen) atoms. The molecule has 0 aromatic rings. The van der Waals surface area contributed by atoms with Crippen molar-refractivity contribution in [3.8, 4) is 0 Å². The predicted octanol–water partition coefficient (Wildman–Crippen LogP) is 1.39. The van der Waals surface area contributed by atoms with Crippen LogP contribution in [0.5, 0.6) is 0 Å². The number of carbonyl (C=O) groups excluding carboxylic acids is 1. The quantitative estimate of drug-likeness (QED) is 0.442. The van der Waals surface area contributed by atoms with Crippen LogP contribution in [0.25, 0.3) is 0 Å². The average Bonchev–Trinajstić information content (AvgIpc) is 2.30. The minimum Gasteiger partial charge on any atom is -0.435 e. The number of hydrogen-bond acceptors (Lipinski definition) is 4. The fourth-order valence-corrected chi connectivity index (χ4v) is 2.00. The van der Waals surface area contributed by atoms with Gasteiger partial charge in [0.25, 0.3) is 0 Å². The van der Waals surface area contributed by atoms with Crippen molar-refractivity contribution in [1.29, 1.82) is 0 Å². The fraction of sp³-hybridized carbons (Fsp3) is 0.615. The first kappa shape index (κ1) is 13.9. The van der Waals surface area contributed by atoms with Crippen LogP contribution in [-0.4, -0.2) is 28.4 Å². The van der Waals surface area contributed by atoms with E-state index in [9.17, 15) is 15.0 Å². The van der Waals surface area contributed by atoms with Crippen LogP contribution in [-0.2, 0) is 9.53 Å². The van der Waals surface area contributed by atoms with Crippen LogP contribution in [0.1, 0.15) is 26.7 Å². The zero-order valence-electron chi connectivity index (χ0n) is 10.2. The van der Waals surface area contributed by atoms with Gasteiger partial charge in [0.2, 0.25) is 0 Å². The SMILES string of the molecule is CC[C@H](O)[C@@H]1C[C@@H](/C=C/OC(C)=O)C=C[C@H]1O. The number of allylic oxidation sites excluding steroid dienone is 2. The van der Waals surface area contributed by atoms with Crippen molar-refractivity contribution in [3.05, 3.63) is 24.5 Å². The van der Waals surface area contributed by atoms with Gasteiger partial charge in [0.15, 0.2) is 0 Å². The van der Waals surface area contributed by atoms with Gasteiger partial charge in [-0.1, -0.05) is 19.1 Å². The highest BCUT2D eigenvalue weighted by atomic mass is 16.5. The Labute approximate surface area is 102 Å². The van der Waals surface area contributed by atoms with E-state index in [1.807, 2.05) is 13.0 Å². The largest absolute Gasteiger partial charge is 0.435 e. The third-order valence-corrected chi connectivity index (χ3v) is 3.01. The summed E-state index contributed by atoms with van der Waals surface area (Å²) in [5.74, 6) is -0.424. The van der Waals surface area contributed by atoms with Gasteiger partial charge < -0.3 is 14.9 Å². The lowest BCUT2D eigenvalue weighted by Crippen LogP contribution is -2.34. The molecule has 0 unspecified atom stereocenters. The number of aliphatic hydroxyl groups excluding tert-OH is 2. The summed E-state index contributed by atoms with van der Waals surface area (Å²) < 4.78 is 4.72. The molecular formula is C13H20O4. The Morgan fingerprint density at radius 3 is 2.88 bits per heavy atom. The van der Waals surface area contributed by atoms with Crippen molar-refractivity contribution in [1.82, 2.24) is 0 Å². The first-order valence-electron chi connectivity index (χ1n) is 5.93. The van der Waals surface area contributed by atoms with Crippen molar-refractivity contribution < 1.29 is 19.7 Å². The molecule has 2 N–H and O–H groups in total. The van der Waals surface area contributed by atoms with Crippen LogP contribution < -0.4 is 0 Å². The van der Waals surface area contributed by atoms with E-state index in [2.05, 4.69) is 0 Å². The number of hydrogen-bond donors (Lipinski definition) is 2. The van der Waals surface area contributed by atoms with Crippen LogP contribution in [0.4, 0.5) is 0 Å². The molecule has 0 aromatic heterocycles. The lowest BCUT2D eigenvalue weighted by Gasteiger charge is -2.30. The maximum Gasteiger partial charge on any atom is 0.307 e. The molecule has 96 valence electrons. The molecule has 0 aromatic carbocycles. The molecule has 1 aliphatic rings. The minimum absolute atomic E-state index is 0.0870. The van der Waals surface area contributed by atoms with Crippen LogP contribution in [0, 0.1) is 11.8 Å². The molecule has 0 saturated heterocycles. The topological polar surface area (TPSA) is 66.8 Å². The van der Waals surface area contributed by atoms with Gasteiger partial charge in [0.05, 0.1) is 18.5 Å². The molecule has 1 rings (SSSR count). The Balaban J connectivity index is 2.57. The van der Waals surface area contributed by atoms with E-state index in [0.717, 1.165) is 0 Å². The molecule has 0 radical (unpaired) electrons. The summed E-state index contributed by atoms with van der Waals surface area (Å²) in [6.07, 6.45) is 6.87. The maximum absolute atomic E-state index is 10.6. The number of rotatable bonds is 4. The van der Waals surface area contributed by atoms with E-state index in [-0.39, 0.29) is 17.8 Å². The standard InChI is InChI=1S/C13H20O4/c1-3-12(15)11-8-10(4-5-13(11)16)6-7-17-9(2)14/h4-7,10-13,15-16H,3,8H2,1-2H3/b7-6+/t10-,11+,12+,13-/m1/s1. The van der Waals surface area contributed by atoms with Crippen molar-refractivity contribution in [3.63, 3.8) is 0 Å². The normalized spacial score (nSPS) is 30.5. The maximum atomic E-state index is 10.6. The molecule has 0 heterocycles. The van der Waals surface area contributed by atoms with Gasteiger partial charge in [-0.15, -0.1) is 0 Å². The minimum atomic E-state index is -0.594. The molecule has 0 bridgehead atoms. The third-order valence-electron chi connectivity index (χ3n) is 3.01. The lowest BCUT2D eigenvalue weighted by atomic mass is 9.80. The summed E-state index contributed by atoms with van der Waals surface area (Å²) in [6, 6.07) is 0. The summed E-state index contributed by atoms with van der Waals surface area (Å²) in [7, 11) is 0. The summed E-state index contributed by atoms with van der Waals surface area (Å²) >= 11 is 0. The summed E-state index contributed by atoms with van der Waals surface area (Å²) in [4.78, 5) is 10.6. The molecule has 0 saturated carbocycles. The zero-order chi connectivity index (χ0) is 12.8. The Bertz CT molecular complexity index is 309. The Morgan fingerprint density at radius 2 is 2.29 bits per heavy atom. The summed E-state index contributed by atoms with van der Waals surface area (Å²) in [5, 5.41) is 19.5. The fourth-order valence-electron chi connectivity index (χ4n) is 2.00. The van der Waals surface area contributed by atoms with Gasteiger partial charge in [-0.05, 0) is 24.8 Å². The zero-order valence-corrected chi connectivity index (χ0v) is 10.2. The molecule has 4 nitrogen and oxygen atoms in total. The van der Waals surface area contributed by atoms with E-state index >= 15 is 0 Å². The predicted molar refractivity (Wildman–Crippen MR) is 63.9 cm³/mol. The van der Waals surface area contributed by atoms with Crippen LogP contribution in [0.3, 0.4) is 0 Å². The second-order valence-electron chi connectivity index (χ2n) is 4.35. The summed E-state index contributed by atoms with van der Waals surface area (Å²) in [5.41, 5.74) is 0. The van der Waals surface area contributed by atoms with Crippen LogP contribution in [0.15, 0.2) is 24.5 Å². The Hall–Kier alpha value is -1.13. The highest BCUT2D eigenvalue weighted by Gasteiger charge is 2.29. The van der Waals surface area contributed by atoms with Crippen molar-refractivity contribution in [2.75, 3.05) is 0 Å². The molecule has 0 amide bonds. The van der Waals surface area contributed by atoms with Crippen molar-refractivity contribution in [2.24, 2.45) is 11.8 Å². The van der Waals surface area contributed by atoms with E-state index in [1.54, 1.807) is 12.2 Å². The second-order valence-corrected chi connectivity index (χ2v) is 4.35. The monoisotopic (exact) mass is 240 g/mol. The van der Waals surface area contributed by atoms with Gasteiger partial charge in [-0.25, -0.2) is 0 Å². The Morgan fingerprint density at radius 1 is 1.59 bits per heavy atom. The highest BCUT2D eigenvalue weighted by Crippen LogP contribution is 2.28. The molecule has 0 spiro atoms. The van der Waals surface area contributed by atoms with Crippen molar-refractivity contribution >= 4 is 5.97 Å². The first-order valence-corrected chi connectivity index (χ1v) is 5.93. The van der Waals surface area contributed by atoms with E-state index in [1.165, 1.54) is 13.2 Å². The van der Waals surface area contributed by atoms with E-state index < -0.39 is 12.2 Å². The number of esters is 1. The smallest absolute Gasteiger partial charge is 0.307 e. The third kappa shape index (κ3) is 4.32. The lowest BCUT2D eigenvalue weighted by molar-refractivity contribution is -0.135. The van der Waals surface area contributed by atoms with Gasteiger partial charge >= 0.3 is 5.97 Å². The van der Waals surface area contributed by atoms with E-state index in [0.29, 0.717) is 12.8 Å². The number of ether oxygens (including phenoxy) is 1. The molecule has 1 aliphatic carbocycles. The average molecular weight is 240 g/mol. The van der Waals surface area contributed by atoms with Crippen LogP contribution >= 0.6 is 0 Å². The van der Waals surface area contributed by atoms with Crippen molar-refractivity contribution in [2.45, 2.75) is 38.9 Å². The first-order chi connectivity index (χ1) is 8.04. The molecule has 4 heteroatoms.